The van der Waals surface area contributed by atoms with E-state index in [9.17, 15) is 13.2 Å². The van der Waals surface area contributed by atoms with Crippen LogP contribution in [0.3, 0.4) is 0 Å². The van der Waals surface area contributed by atoms with Crippen molar-refractivity contribution in [2.45, 2.75) is 6.92 Å². The number of pyridine rings is 1. The van der Waals surface area contributed by atoms with Gasteiger partial charge in [0.05, 0.1) is 5.52 Å². The van der Waals surface area contributed by atoms with Crippen molar-refractivity contribution in [1.29, 1.82) is 0 Å². The molecule has 3 heterocycles. The highest BCUT2D eigenvalue weighted by molar-refractivity contribution is 5.83. The predicted octanol–water partition coefficient (Wildman–Crippen LogP) is 4.61. The van der Waals surface area contributed by atoms with E-state index in [1.165, 1.54) is 12.3 Å². The topological polar surface area (TPSA) is 75.7 Å². The average Bonchev–Trinajstić information content (AvgIpc) is 3.06. The lowest BCUT2D eigenvalue weighted by atomic mass is 10.2. The Bertz CT molecular complexity index is 1130. The fourth-order valence-electron chi connectivity index (χ4n) is 2.58. The highest BCUT2D eigenvalue weighted by atomic mass is 19.1. The van der Waals surface area contributed by atoms with Crippen molar-refractivity contribution in [3.8, 4) is 11.6 Å². The molecule has 0 aliphatic rings. The quantitative estimate of drug-likeness (QED) is 0.548. The molecule has 0 saturated carbocycles. The molecule has 0 radical (unpaired) electrons. The number of ether oxygens (including phenoxy) is 1. The van der Waals surface area contributed by atoms with Crippen LogP contribution in [0.5, 0.6) is 11.6 Å². The molecule has 4 rings (SSSR count). The fraction of sp³-hybridized carbons (Fsp3) is 0.0556. The third-order valence-electron chi connectivity index (χ3n) is 3.78. The van der Waals surface area contributed by atoms with Gasteiger partial charge in [-0.15, -0.1) is 0 Å². The van der Waals surface area contributed by atoms with Gasteiger partial charge in [0, 0.05) is 23.3 Å². The summed E-state index contributed by atoms with van der Waals surface area (Å²) in [4.78, 5) is 14.2. The molecule has 0 spiro atoms. The third kappa shape index (κ3) is 3.14. The molecule has 9 heteroatoms. The Morgan fingerprint density at radius 1 is 1.04 bits per heavy atom. The lowest BCUT2D eigenvalue weighted by molar-refractivity contribution is 0.397. The van der Waals surface area contributed by atoms with Crippen LogP contribution < -0.4 is 10.1 Å². The molecule has 1 aromatic carbocycles. The minimum atomic E-state index is -0.965. The molecule has 0 amide bonds. The number of fused-ring (bicyclic) bond motifs is 1. The molecule has 3 aromatic heterocycles. The molecule has 6 nitrogen and oxygen atoms in total. The van der Waals surface area contributed by atoms with E-state index in [-0.39, 0.29) is 16.7 Å². The highest BCUT2D eigenvalue weighted by Gasteiger charge is 2.20. The highest BCUT2D eigenvalue weighted by Crippen LogP contribution is 2.33. The number of anilines is 2. The Kier molecular flexibility index (Phi) is 4.11. The van der Waals surface area contributed by atoms with Crippen molar-refractivity contribution in [2.24, 2.45) is 0 Å². The van der Waals surface area contributed by atoms with Crippen molar-refractivity contribution in [3.05, 3.63) is 66.0 Å². The number of H-pyrrole nitrogens is 1. The van der Waals surface area contributed by atoms with Crippen LogP contribution in [0.4, 0.5) is 24.8 Å². The lowest BCUT2D eigenvalue weighted by Crippen LogP contribution is -2.03. The Hall–Kier alpha value is -3.62. The number of nitrogens with zero attached hydrogens (tertiary/aromatic N) is 3. The van der Waals surface area contributed by atoms with Gasteiger partial charge in [-0.1, -0.05) is 6.07 Å². The van der Waals surface area contributed by atoms with E-state index in [4.69, 9.17) is 4.74 Å². The lowest BCUT2D eigenvalue weighted by Gasteiger charge is -2.10. The van der Waals surface area contributed by atoms with Crippen molar-refractivity contribution < 1.29 is 17.9 Å². The maximum absolute atomic E-state index is 14.6. The van der Waals surface area contributed by atoms with Crippen LogP contribution in [-0.4, -0.2) is 19.9 Å². The monoisotopic (exact) mass is 371 g/mol. The first-order chi connectivity index (χ1) is 13.0. The van der Waals surface area contributed by atoms with Crippen molar-refractivity contribution in [1.82, 2.24) is 19.9 Å². The van der Waals surface area contributed by atoms with E-state index in [0.717, 1.165) is 12.4 Å². The van der Waals surface area contributed by atoms with Crippen LogP contribution in [0.2, 0.25) is 0 Å². The van der Waals surface area contributed by atoms with Gasteiger partial charge < -0.3 is 15.0 Å². The normalized spacial score (nSPS) is 11.0. The summed E-state index contributed by atoms with van der Waals surface area (Å²) in [6, 6.07) is 7.29. The third-order valence-corrected chi connectivity index (χ3v) is 3.78. The number of hydrogen-bond acceptors (Lipinski definition) is 5. The first-order valence-corrected chi connectivity index (χ1v) is 7.86. The molecule has 0 aliphatic carbocycles. The van der Waals surface area contributed by atoms with Gasteiger partial charge in [0.2, 0.25) is 5.82 Å². The largest absolute Gasteiger partial charge is 0.433 e. The Labute approximate surface area is 151 Å². The number of nitrogens with one attached hydrogen (secondary N) is 2. The summed E-state index contributed by atoms with van der Waals surface area (Å²) in [5, 5.41) is 2.67. The summed E-state index contributed by atoms with van der Waals surface area (Å²) >= 11 is 0. The zero-order valence-electron chi connectivity index (χ0n) is 13.9. The number of aromatic nitrogens is 4. The molecule has 136 valence electrons. The van der Waals surface area contributed by atoms with Gasteiger partial charge in [-0.25, -0.2) is 18.7 Å². The predicted molar refractivity (Wildman–Crippen MR) is 92.5 cm³/mol. The molecule has 0 atom stereocenters. The van der Waals surface area contributed by atoms with E-state index in [2.05, 4.69) is 25.3 Å². The van der Waals surface area contributed by atoms with E-state index in [0.29, 0.717) is 11.5 Å². The summed E-state index contributed by atoms with van der Waals surface area (Å²) in [6.45, 7) is 1.67. The molecule has 0 saturated heterocycles. The second-order valence-electron chi connectivity index (χ2n) is 5.69. The number of rotatable bonds is 4. The van der Waals surface area contributed by atoms with Gasteiger partial charge in [0.15, 0.2) is 23.2 Å². The number of hydrogen-bond donors (Lipinski definition) is 2. The summed E-state index contributed by atoms with van der Waals surface area (Å²) in [6.07, 6.45) is 2.56. The van der Waals surface area contributed by atoms with Crippen LogP contribution in [0, 0.1) is 24.4 Å². The molecule has 2 N–H and O–H groups in total. The Morgan fingerprint density at radius 3 is 2.67 bits per heavy atom. The first kappa shape index (κ1) is 16.8. The molecule has 0 aliphatic heterocycles. The summed E-state index contributed by atoms with van der Waals surface area (Å²) < 4.78 is 48.6. The maximum Gasteiger partial charge on any atom is 0.261 e. The van der Waals surface area contributed by atoms with Gasteiger partial charge >= 0.3 is 0 Å². The van der Waals surface area contributed by atoms with Crippen molar-refractivity contribution >= 4 is 22.5 Å². The van der Waals surface area contributed by atoms with E-state index in [1.54, 1.807) is 25.1 Å². The van der Waals surface area contributed by atoms with Gasteiger partial charge in [-0.05, 0) is 25.1 Å². The minimum absolute atomic E-state index is 0.00352. The molecule has 0 bridgehead atoms. The summed E-state index contributed by atoms with van der Waals surface area (Å²) in [5.74, 6) is -3.41. The molecule has 27 heavy (non-hydrogen) atoms. The standard InChI is InChI=1S/C18H12F3N5O/c1-9-6-10-14(20)12(7-11(19)16(10)25-9)27-18-15(21)17(23-8-24-18)26-13-4-2-3-5-22-13/h2-8,25H,1H3,(H,22,23,24,26). The zero-order valence-corrected chi connectivity index (χ0v) is 13.9. The van der Waals surface area contributed by atoms with Crippen LogP contribution in [-0.2, 0) is 0 Å². The van der Waals surface area contributed by atoms with Gasteiger partial charge in [0.25, 0.3) is 5.88 Å². The molecular formula is C18H12F3N5O. The van der Waals surface area contributed by atoms with E-state index < -0.39 is 29.1 Å². The van der Waals surface area contributed by atoms with Gasteiger partial charge in [-0.3, -0.25) is 0 Å². The fourth-order valence-corrected chi connectivity index (χ4v) is 2.58. The SMILES string of the molecule is Cc1cc2c(F)c(Oc3ncnc(Nc4ccccn4)c3F)cc(F)c2[nH]1. The van der Waals surface area contributed by atoms with Crippen molar-refractivity contribution in [2.75, 3.05) is 5.32 Å². The number of benzene rings is 1. The zero-order chi connectivity index (χ0) is 19.0. The van der Waals surface area contributed by atoms with Crippen LogP contribution in [0.25, 0.3) is 10.9 Å². The van der Waals surface area contributed by atoms with E-state index in [1.807, 2.05) is 0 Å². The smallest absolute Gasteiger partial charge is 0.261 e. The van der Waals surface area contributed by atoms with Gasteiger partial charge in [-0.2, -0.15) is 9.37 Å². The van der Waals surface area contributed by atoms with Crippen LogP contribution >= 0.6 is 0 Å². The summed E-state index contributed by atoms with van der Waals surface area (Å²) in [5.41, 5.74) is 0.591. The molecular weight excluding hydrogens is 359 g/mol. The van der Waals surface area contributed by atoms with Gasteiger partial charge in [0.1, 0.15) is 12.1 Å². The summed E-state index contributed by atoms with van der Waals surface area (Å²) in [7, 11) is 0. The molecule has 0 unspecified atom stereocenters. The second kappa shape index (κ2) is 6.60. The second-order valence-corrected chi connectivity index (χ2v) is 5.69. The number of aromatic amines is 1. The average molecular weight is 371 g/mol. The molecule has 4 aromatic rings. The first-order valence-electron chi connectivity index (χ1n) is 7.86. The minimum Gasteiger partial charge on any atom is -0.433 e. The van der Waals surface area contributed by atoms with Crippen molar-refractivity contribution in [3.63, 3.8) is 0 Å². The Morgan fingerprint density at radius 2 is 1.89 bits per heavy atom. The Balaban J connectivity index is 1.70. The van der Waals surface area contributed by atoms with Crippen LogP contribution in [0.1, 0.15) is 5.69 Å². The molecule has 0 fully saturated rings. The van der Waals surface area contributed by atoms with Crippen LogP contribution in [0.15, 0.2) is 42.9 Å². The van der Waals surface area contributed by atoms with E-state index >= 15 is 0 Å². The maximum atomic E-state index is 14.6. The number of aryl methyl sites for hydroxylation is 1. The number of halogens is 3.